The van der Waals surface area contributed by atoms with Crippen LogP contribution in [0, 0.1) is 30.1 Å². The van der Waals surface area contributed by atoms with Gasteiger partial charge in [0.15, 0.2) is 4.34 Å². The first-order valence-corrected chi connectivity index (χ1v) is 12.7. The zero-order valence-corrected chi connectivity index (χ0v) is 20.6. The summed E-state index contributed by atoms with van der Waals surface area (Å²) in [5, 5.41) is 25.8. The molecule has 2 heterocycles. The third-order valence-electron chi connectivity index (χ3n) is 5.92. The van der Waals surface area contributed by atoms with Crippen molar-refractivity contribution >= 4 is 50.9 Å². The van der Waals surface area contributed by atoms with E-state index in [0.717, 1.165) is 38.7 Å². The number of carbonyl (C=O) groups is 2. The van der Waals surface area contributed by atoms with Gasteiger partial charge < -0.3 is 15.7 Å². The number of fused-ring (bicyclic) bond motifs is 1. The molecule has 0 aliphatic heterocycles. The number of aliphatic carboxylic acids is 1. The van der Waals surface area contributed by atoms with Gasteiger partial charge in [0.2, 0.25) is 5.91 Å². The highest BCUT2D eigenvalue weighted by atomic mass is 32.2. The van der Waals surface area contributed by atoms with Gasteiger partial charge in [-0.3, -0.25) is 9.59 Å². The molecule has 2 aromatic heterocycles. The zero-order chi connectivity index (χ0) is 24.2. The molecular formula is C24H25N5O3S2. The molecule has 1 saturated carbocycles. The second kappa shape index (κ2) is 10.5. The maximum absolute atomic E-state index is 12.8. The van der Waals surface area contributed by atoms with Gasteiger partial charge in [0.05, 0.1) is 27.6 Å². The van der Waals surface area contributed by atoms with Crippen molar-refractivity contribution in [1.82, 2.24) is 15.3 Å². The number of pyridine rings is 1. The SMILES string of the molecule is CNCc1cc(C)nc(Sc2nc3ccc(NC(=O)[C@H]4CCCC[C@@H]4C(=O)O)cc3s2)c1C#N. The highest BCUT2D eigenvalue weighted by molar-refractivity contribution is 8.01. The van der Waals surface area contributed by atoms with Crippen molar-refractivity contribution in [3.05, 3.63) is 41.1 Å². The number of hydrogen-bond acceptors (Lipinski definition) is 8. The third-order valence-corrected chi connectivity index (χ3v) is 7.98. The summed E-state index contributed by atoms with van der Waals surface area (Å²) in [4.78, 5) is 33.6. The summed E-state index contributed by atoms with van der Waals surface area (Å²) in [5.74, 6) is -2.30. The summed E-state index contributed by atoms with van der Waals surface area (Å²) >= 11 is 2.82. The number of hydrogen-bond donors (Lipinski definition) is 3. The van der Waals surface area contributed by atoms with Gasteiger partial charge in [0.1, 0.15) is 11.1 Å². The number of aryl methyl sites for hydroxylation is 1. The lowest BCUT2D eigenvalue weighted by molar-refractivity contribution is -0.147. The lowest BCUT2D eigenvalue weighted by Gasteiger charge is -2.27. The Morgan fingerprint density at radius 3 is 2.71 bits per heavy atom. The van der Waals surface area contributed by atoms with Crippen molar-refractivity contribution in [2.24, 2.45) is 11.8 Å². The Hall–Kier alpha value is -3.00. The quantitative estimate of drug-likeness (QED) is 0.435. The minimum absolute atomic E-state index is 0.245. The first-order valence-electron chi connectivity index (χ1n) is 11.1. The number of nitrogens with zero attached hydrogens (tertiary/aromatic N) is 3. The predicted molar refractivity (Wildman–Crippen MR) is 132 cm³/mol. The molecule has 1 aliphatic rings. The number of carboxylic acid groups (broad SMARTS) is 1. The monoisotopic (exact) mass is 495 g/mol. The Morgan fingerprint density at radius 2 is 2.00 bits per heavy atom. The number of carbonyl (C=O) groups excluding carboxylic acids is 1. The molecule has 1 fully saturated rings. The minimum Gasteiger partial charge on any atom is -0.481 e. The summed E-state index contributed by atoms with van der Waals surface area (Å²) in [6.45, 7) is 2.48. The van der Waals surface area contributed by atoms with E-state index in [0.29, 0.717) is 35.7 Å². The molecule has 2 atom stereocenters. The van der Waals surface area contributed by atoms with Crippen molar-refractivity contribution in [2.45, 2.75) is 48.5 Å². The second-order valence-corrected chi connectivity index (χ2v) is 10.6. The average molecular weight is 496 g/mol. The topological polar surface area (TPSA) is 128 Å². The van der Waals surface area contributed by atoms with Crippen LogP contribution in [-0.4, -0.2) is 34.0 Å². The van der Waals surface area contributed by atoms with E-state index in [4.69, 9.17) is 0 Å². The van der Waals surface area contributed by atoms with Gasteiger partial charge in [-0.2, -0.15) is 5.26 Å². The Morgan fingerprint density at radius 1 is 1.24 bits per heavy atom. The molecule has 1 aromatic carbocycles. The molecule has 4 rings (SSSR count). The number of anilines is 1. The van der Waals surface area contributed by atoms with E-state index in [-0.39, 0.29) is 5.91 Å². The average Bonchev–Trinajstić information content (AvgIpc) is 3.20. The number of nitriles is 1. The largest absolute Gasteiger partial charge is 0.481 e. The van der Waals surface area contributed by atoms with Crippen LogP contribution in [0.15, 0.2) is 33.6 Å². The van der Waals surface area contributed by atoms with Crippen molar-refractivity contribution in [3.63, 3.8) is 0 Å². The smallest absolute Gasteiger partial charge is 0.307 e. The predicted octanol–water partition coefficient (Wildman–Crippen LogP) is 4.57. The Bertz CT molecular complexity index is 1280. The molecule has 176 valence electrons. The lowest BCUT2D eigenvalue weighted by atomic mass is 9.78. The number of benzene rings is 1. The lowest BCUT2D eigenvalue weighted by Crippen LogP contribution is -2.36. The summed E-state index contributed by atoms with van der Waals surface area (Å²) in [7, 11) is 1.84. The van der Waals surface area contributed by atoms with E-state index in [1.165, 1.54) is 23.1 Å². The molecule has 3 N–H and O–H groups in total. The number of carboxylic acids is 1. The summed E-state index contributed by atoms with van der Waals surface area (Å²) in [6.07, 6.45) is 2.83. The fourth-order valence-corrected chi connectivity index (χ4v) is 6.50. The van der Waals surface area contributed by atoms with E-state index in [1.54, 1.807) is 6.07 Å². The summed E-state index contributed by atoms with van der Waals surface area (Å²) in [6, 6.07) is 9.65. The molecular weight excluding hydrogens is 470 g/mol. The minimum atomic E-state index is -0.904. The molecule has 0 bridgehead atoms. The number of rotatable bonds is 7. The van der Waals surface area contributed by atoms with Crippen LogP contribution in [-0.2, 0) is 16.1 Å². The van der Waals surface area contributed by atoms with E-state index in [9.17, 15) is 20.0 Å². The molecule has 0 spiro atoms. The van der Waals surface area contributed by atoms with Gasteiger partial charge in [-0.05, 0) is 68.4 Å². The maximum Gasteiger partial charge on any atom is 0.307 e. The first kappa shape index (κ1) is 24.1. The molecule has 10 heteroatoms. The van der Waals surface area contributed by atoms with Crippen LogP contribution in [0.3, 0.4) is 0 Å². The van der Waals surface area contributed by atoms with Crippen LogP contribution in [0.25, 0.3) is 10.2 Å². The highest BCUT2D eigenvalue weighted by Gasteiger charge is 2.35. The van der Waals surface area contributed by atoms with Crippen LogP contribution >= 0.6 is 23.1 Å². The third kappa shape index (κ3) is 5.22. The van der Waals surface area contributed by atoms with Crippen molar-refractivity contribution < 1.29 is 14.7 Å². The van der Waals surface area contributed by atoms with E-state index in [1.807, 2.05) is 32.2 Å². The molecule has 8 nitrogen and oxygen atoms in total. The van der Waals surface area contributed by atoms with Gasteiger partial charge in [-0.15, -0.1) is 11.3 Å². The molecule has 1 amide bonds. The fourth-order valence-electron chi connectivity index (χ4n) is 4.32. The van der Waals surface area contributed by atoms with Crippen LogP contribution in [0.2, 0.25) is 0 Å². The fraction of sp³-hybridized carbons (Fsp3) is 0.375. The van der Waals surface area contributed by atoms with Gasteiger partial charge >= 0.3 is 5.97 Å². The summed E-state index contributed by atoms with van der Waals surface area (Å²) in [5.41, 5.74) is 3.68. The zero-order valence-electron chi connectivity index (χ0n) is 18.9. The maximum atomic E-state index is 12.8. The van der Waals surface area contributed by atoms with Gasteiger partial charge in [-0.25, -0.2) is 9.97 Å². The number of nitrogens with one attached hydrogen (secondary N) is 2. The van der Waals surface area contributed by atoms with E-state index >= 15 is 0 Å². The molecule has 0 saturated heterocycles. The van der Waals surface area contributed by atoms with Gasteiger partial charge in [0.25, 0.3) is 0 Å². The van der Waals surface area contributed by atoms with Crippen molar-refractivity contribution in [3.8, 4) is 6.07 Å². The number of aromatic nitrogens is 2. The van der Waals surface area contributed by atoms with E-state index < -0.39 is 17.8 Å². The normalized spacial score (nSPS) is 17.9. The van der Waals surface area contributed by atoms with Crippen LogP contribution in [0.5, 0.6) is 0 Å². The Labute approximate surface area is 205 Å². The standard InChI is InChI=1S/C24H25N5O3S2/c1-13-9-14(12-26-2)18(11-25)22(27-13)34-24-29-19-8-7-15(10-20(19)33-24)28-21(30)16-5-3-4-6-17(16)23(31)32/h7-10,16-17,26H,3-6,12H2,1-2H3,(H,28,30)(H,31,32)/t16-,17-/m0/s1. The molecule has 3 aromatic rings. The van der Waals surface area contributed by atoms with Crippen LogP contribution in [0.1, 0.15) is 42.5 Å². The van der Waals surface area contributed by atoms with Crippen molar-refractivity contribution in [1.29, 1.82) is 5.26 Å². The Balaban J connectivity index is 1.55. The number of amides is 1. The van der Waals surface area contributed by atoms with Gasteiger partial charge in [-0.1, -0.05) is 12.8 Å². The molecule has 0 unspecified atom stereocenters. The molecule has 34 heavy (non-hydrogen) atoms. The van der Waals surface area contributed by atoms with Crippen LogP contribution < -0.4 is 10.6 Å². The highest BCUT2D eigenvalue weighted by Crippen LogP contribution is 2.37. The van der Waals surface area contributed by atoms with Gasteiger partial charge in [0, 0.05) is 17.9 Å². The van der Waals surface area contributed by atoms with Crippen LogP contribution in [0.4, 0.5) is 5.69 Å². The van der Waals surface area contributed by atoms with Crippen molar-refractivity contribution in [2.75, 3.05) is 12.4 Å². The summed E-state index contributed by atoms with van der Waals surface area (Å²) < 4.78 is 1.64. The molecule has 0 radical (unpaired) electrons. The number of thiazole rings is 1. The second-order valence-electron chi connectivity index (χ2n) is 8.33. The Kier molecular flexibility index (Phi) is 7.46. The van der Waals surface area contributed by atoms with E-state index in [2.05, 4.69) is 26.7 Å². The first-order chi connectivity index (χ1) is 16.4. The molecule has 1 aliphatic carbocycles.